The molecule has 1 amide bonds. The molecular formula is C16H26N2O4. The van der Waals surface area contributed by atoms with Crippen molar-refractivity contribution in [2.75, 3.05) is 51.9 Å². The summed E-state index contributed by atoms with van der Waals surface area (Å²) in [7, 11) is 1.65. The maximum atomic E-state index is 11.6. The van der Waals surface area contributed by atoms with E-state index >= 15 is 0 Å². The van der Waals surface area contributed by atoms with Gasteiger partial charge in [0.05, 0.1) is 13.2 Å². The highest BCUT2D eigenvalue weighted by Gasteiger charge is 2.01. The maximum Gasteiger partial charge on any atom is 0.239 e. The lowest BCUT2D eigenvalue weighted by Crippen LogP contribution is -2.31. The Hall–Kier alpha value is -1.79. The molecule has 22 heavy (non-hydrogen) atoms. The van der Waals surface area contributed by atoms with Crippen LogP contribution in [0.1, 0.15) is 13.3 Å². The summed E-state index contributed by atoms with van der Waals surface area (Å²) in [5, 5.41) is 5.89. The number of methoxy groups -OCH3 is 1. The van der Waals surface area contributed by atoms with E-state index in [0.29, 0.717) is 33.0 Å². The number of anilines is 1. The first-order valence-corrected chi connectivity index (χ1v) is 7.56. The summed E-state index contributed by atoms with van der Waals surface area (Å²) < 4.78 is 15.7. The summed E-state index contributed by atoms with van der Waals surface area (Å²) in [6.07, 6.45) is 0.811. The zero-order valence-electron chi connectivity index (χ0n) is 13.4. The number of ether oxygens (including phenoxy) is 3. The molecule has 0 saturated carbocycles. The van der Waals surface area contributed by atoms with Crippen LogP contribution < -0.4 is 15.4 Å². The van der Waals surface area contributed by atoms with Crippen LogP contribution in [0.2, 0.25) is 0 Å². The zero-order valence-corrected chi connectivity index (χ0v) is 13.4. The normalized spacial score (nSPS) is 10.3. The Balaban J connectivity index is 2.26. The van der Waals surface area contributed by atoms with Crippen LogP contribution in [-0.2, 0) is 14.3 Å². The van der Waals surface area contributed by atoms with Gasteiger partial charge >= 0.3 is 0 Å². The van der Waals surface area contributed by atoms with Crippen molar-refractivity contribution in [3.8, 4) is 5.75 Å². The summed E-state index contributed by atoms with van der Waals surface area (Å²) in [6, 6.07) is 7.52. The maximum absolute atomic E-state index is 11.6. The Morgan fingerprint density at radius 1 is 1.23 bits per heavy atom. The van der Waals surface area contributed by atoms with Crippen molar-refractivity contribution in [2.24, 2.45) is 0 Å². The van der Waals surface area contributed by atoms with Gasteiger partial charge in [-0.15, -0.1) is 0 Å². The van der Waals surface area contributed by atoms with Crippen LogP contribution in [0.25, 0.3) is 0 Å². The van der Waals surface area contributed by atoms with E-state index in [1.807, 2.05) is 31.2 Å². The van der Waals surface area contributed by atoms with Gasteiger partial charge in [0.25, 0.3) is 0 Å². The average molecular weight is 310 g/mol. The molecule has 0 aliphatic carbocycles. The van der Waals surface area contributed by atoms with Crippen LogP contribution in [-0.4, -0.2) is 52.5 Å². The second-order valence-electron chi connectivity index (χ2n) is 4.62. The van der Waals surface area contributed by atoms with E-state index in [-0.39, 0.29) is 12.5 Å². The van der Waals surface area contributed by atoms with E-state index in [4.69, 9.17) is 14.2 Å². The lowest BCUT2D eigenvalue weighted by molar-refractivity contribution is -0.119. The number of benzene rings is 1. The summed E-state index contributed by atoms with van der Waals surface area (Å²) in [5.41, 5.74) is 0.848. The van der Waals surface area contributed by atoms with Gasteiger partial charge in [-0.05, 0) is 25.5 Å². The fraction of sp³-hybridized carbons (Fsp3) is 0.562. The highest BCUT2D eigenvalue weighted by molar-refractivity contribution is 5.80. The van der Waals surface area contributed by atoms with Gasteiger partial charge in [-0.1, -0.05) is 6.07 Å². The molecule has 6 heteroatoms. The van der Waals surface area contributed by atoms with Gasteiger partial charge in [0.1, 0.15) is 12.4 Å². The third-order valence-electron chi connectivity index (χ3n) is 2.84. The lowest BCUT2D eigenvalue weighted by Gasteiger charge is -2.10. The summed E-state index contributed by atoms with van der Waals surface area (Å²) >= 11 is 0. The first-order valence-electron chi connectivity index (χ1n) is 7.56. The molecule has 0 heterocycles. The third-order valence-corrected chi connectivity index (χ3v) is 2.84. The molecule has 0 bridgehead atoms. The smallest absolute Gasteiger partial charge is 0.239 e. The van der Waals surface area contributed by atoms with E-state index in [2.05, 4.69) is 10.6 Å². The van der Waals surface area contributed by atoms with Crippen molar-refractivity contribution in [1.29, 1.82) is 0 Å². The van der Waals surface area contributed by atoms with Gasteiger partial charge < -0.3 is 24.8 Å². The van der Waals surface area contributed by atoms with Crippen LogP contribution in [0.15, 0.2) is 24.3 Å². The Labute approximate surface area is 132 Å². The molecule has 0 aliphatic rings. The van der Waals surface area contributed by atoms with E-state index in [9.17, 15) is 4.79 Å². The van der Waals surface area contributed by atoms with Crippen LogP contribution >= 0.6 is 0 Å². The quantitative estimate of drug-likeness (QED) is 0.575. The number of carbonyl (C=O) groups is 1. The third kappa shape index (κ3) is 8.49. The number of rotatable bonds is 12. The molecule has 1 rings (SSSR count). The Kier molecular flexibility index (Phi) is 9.81. The van der Waals surface area contributed by atoms with Crippen molar-refractivity contribution >= 4 is 11.6 Å². The largest absolute Gasteiger partial charge is 0.491 e. The Morgan fingerprint density at radius 3 is 2.86 bits per heavy atom. The molecule has 1 aromatic rings. The average Bonchev–Trinajstić information content (AvgIpc) is 2.54. The van der Waals surface area contributed by atoms with Crippen molar-refractivity contribution in [1.82, 2.24) is 5.32 Å². The lowest BCUT2D eigenvalue weighted by atomic mass is 10.3. The van der Waals surface area contributed by atoms with Crippen molar-refractivity contribution in [3.63, 3.8) is 0 Å². The van der Waals surface area contributed by atoms with Crippen LogP contribution in [0, 0.1) is 0 Å². The summed E-state index contributed by atoms with van der Waals surface area (Å²) in [4.78, 5) is 11.6. The summed E-state index contributed by atoms with van der Waals surface area (Å²) in [5.74, 6) is 0.712. The molecule has 0 radical (unpaired) electrons. The molecule has 124 valence electrons. The Bertz CT molecular complexity index is 426. The number of carbonyl (C=O) groups excluding carboxylic acids is 1. The SMILES string of the molecule is CCOCCOc1cccc(NCC(=O)NCCCOC)c1. The second-order valence-corrected chi connectivity index (χ2v) is 4.62. The van der Waals surface area contributed by atoms with Crippen LogP contribution in [0.3, 0.4) is 0 Å². The van der Waals surface area contributed by atoms with Crippen molar-refractivity contribution in [3.05, 3.63) is 24.3 Å². The van der Waals surface area contributed by atoms with Crippen molar-refractivity contribution < 1.29 is 19.0 Å². The molecule has 0 unspecified atom stereocenters. The van der Waals surface area contributed by atoms with Gasteiger partial charge in [-0.3, -0.25) is 4.79 Å². The molecule has 0 fully saturated rings. The molecule has 2 N–H and O–H groups in total. The molecule has 0 aliphatic heterocycles. The molecule has 0 spiro atoms. The van der Waals surface area contributed by atoms with E-state index in [1.165, 1.54) is 0 Å². The standard InChI is InChI=1S/C16H26N2O4/c1-3-21-10-11-22-15-7-4-6-14(12-15)18-13-16(19)17-8-5-9-20-2/h4,6-7,12,18H,3,5,8-11,13H2,1-2H3,(H,17,19). The van der Waals surface area contributed by atoms with Gasteiger partial charge in [0, 0.05) is 38.6 Å². The molecule has 0 aromatic heterocycles. The van der Waals surface area contributed by atoms with E-state index < -0.39 is 0 Å². The van der Waals surface area contributed by atoms with Crippen LogP contribution in [0.5, 0.6) is 5.75 Å². The fourth-order valence-corrected chi connectivity index (χ4v) is 1.75. The van der Waals surface area contributed by atoms with Gasteiger partial charge in [-0.2, -0.15) is 0 Å². The van der Waals surface area contributed by atoms with Crippen LogP contribution in [0.4, 0.5) is 5.69 Å². The van der Waals surface area contributed by atoms with E-state index in [0.717, 1.165) is 17.9 Å². The predicted octanol–water partition coefficient (Wildman–Crippen LogP) is 1.67. The predicted molar refractivity (Wildman–Crippen MR) is 86.4 cm³/mol. The molecule has 0 atom stereocenters. The summed E-state index contributed by atoms with van der Waals surface area (Å²) in [6.45, 7) is 5.21. The molecule has 6 nitrogen and oxygen atoms in total. The zero-order chi connectivity index (χ0) is 16.0. The number of nitrogens with one attached hydrogen (secondary N) is 2. The molecule has 0 saturated heterocycles. The number of amides is 1. The van der Waals surface area contributed by atoms with E-state index in [1.54, 1.807) is 7.11 Å². The second kappa shape index (κ2) is 11.8. The number of hydrogen-bond acceptors (Lipinski definition) is 5. The first-order chi connectivity index (χ1) is 10.8. The monoisotopic (exact) mass is 310 g/mol. The fourth-order valence-electron chi connectivity index (χ4n) is 1.75. The first kappa shape index (κ1) is 18.3. The van der Waals surface area contributed by atoms with Gasteiger partial charge in [0.2, 0.25) is 5.91 Å². The molecule has 1 aromatic carbocycles. The highest BCUT2D eigenvalue weighted by atomic mass is 16.5. The highest BCUT2D eigenvalue weighted by Crippen LogP contribution is 2.16. The Morgan fingerprint density at radius 2 is 2.09 bits per heavy atom. The van der Waals surface area contributed by atoms with Gasteiger partial charge in [0.15, 0.2) is 0 Å². The number of hydrogen-bond donors (Lipinski definition) is 2. The molecular weight excluding hydrogens is 284 g/mol. The topological polar surface area (TPSA) is 68.8 Å². The minimum atomic E-state index is -0.0428. The minimum Gasteiger partial charge on any atom is -0.491 e. The van der Waals surface area contributed by atoms with Gasteiger partial charge in [-0.25, -0.2) is 0 Å². The van der Waals surface area contributed by atoms with Crippen molar-refractivity contribution in [2.45, 2.75) is 13.3 Å². The minimum absolute atomic E-state index is 0.0428.